The van der Waals surface area contributed by atoms with Gasteiger partial charge in [0.05, 0.1) is 4.92 Å². The lowest BCUT2D eigenvalue weighted by Gasteiger charge is -2.10. The van der Waals surface area contributed by atoms with Crippen LogP contribution in [0.5, 0.6) is 11.5 Å². The third kappa shape index (κ3) is 2.52. The summed E-state index contributed by atoms with van der Waals surface area (Å²) < 4.78 is 5.72. The maximum Gasteiger partial charge on any atom is 0.293 e. The first kappa shape index (κ1) is 13.7. The predicted molar refractivity (Wildman–Crippen MR) is 81.1 cm³/mol. The van der Waals surface area contributed by atoms with Crippen LogP contribution in [0.2, 0.25) is 5.02 Å². The number of nitro benzene ring substituents is 1. The molecule has 0 aromatic heterocycles. The van der Waals surface area contributed by atoms with E-state index in [9.17, 15) is 10.1 Å². The van der Waals surface area contributed by atoms with Gasteiger partial charge in [0.1, 0.15) is 22.2 Å². The number of ether oxygens (including phenoxy) is 1. The third-order valence-electron chi connectivity index (χ3n) is 3.62. The minimum Gasteiger partial charge on any atom is -0.456 e. The Bertz CT molecular complexity index is 731. The predicted octanol–water partition coefficient (Wildman–Crippen LogP) is 4.11. The second kappa shape index (κ2) is 5.26. The van der Waals surface area contributed by atoms with E-state index < -0.39 is 4.92 Å². The Kier molecular flexibility index (Phi) is 3.43. The minimum absolute atomic E-state index is 0.0599. The molecule has 1 aliphatic rings. The molecule has 0 bridgehead atoms. The first-order valence-electron chi connectivity index (χ1n) is 6.58. The molecule has 0 amide bonds. The zero-order chi connectivity index (χ0) is 15.0. The summed E-state index contributed by atoms with van der Waals surface area (Å²) in [6.07, 6.45) is 3.30. The molecule has 0 heterocycles. The molecule has 5 nitrogen and oxygen atoms in total. The molecule has 3 rings (SSSR count). The van der Waals surface area contributed by atoms with E-state index in [1.54, 1.807) is 0 Å². The molecule has 2 aromatic carbocycles. The molecule has 6 heteroatoms. The van der Waals surface area contributed by atoms with Gasteiger partial charge in [0.25, 0.3) is 5.69 Å². The van der Waals surface area contributed by atoms with Crippen molar-refractivity contribution in [3.63, 3.8) is 0 Å². The lowest BCUT2D eigenvalue weighted by atomic mass is 10.1. The summed E-state index contributed by atoms with van der Waals surface area (Å²) in [4.78, 5) is 10.2. The number of anilines is 1. The quantitative estimate of drug-likeness (QED) is 0.526. The summed E-state index contributed by atoms with van der Waals surface area (Å²) in [6.45, 7) is 0. The summed E-state index contributed by atoms with van der Waals surface area (Å²) in [5, 5.41) is 10.9. The number of nitro groups is 1. The van der Waals surface area contributed by atoms with Crippen LogP contribution in [0.3, 0.4) is 0 Å². The second-order valence-corrected chi connectivity index (χ2v) is 5.33. The molecule has 0 aliphatic heterocycles. The van der Waals surface area contributed by atoms with Gasteiger partial charge in [-0.3, -0.25) is 10.1 Å². The van der Waals surface area contributed by atoms with E-state index >= 15 is 0 Å². The van der Waals surface area contributed by atoms with Gasteiger partial charge < -0.3 is 10.5 Å². The lowest BCUT2D eigenvalue weighted by Crippen LogP contribution is -1.98. The van der Waals surface area contributed by atoms with Gasteiger partial charge in [-0.2, -0.15) is 0 Å². The Balaban J connectivity index is 1.92. The largest absolute Gasteiger partial charge is 0.456 e. The number of rotatable bonds is 3. The zero-order valence-electron chi connectivity index (χ0n) is 11.1. The van der Waals surface area contributed by atoms with E-state index in [4.69, 9.17) is 22.1 Å². The van der Waals surface area contributed by atoms with Gasteiger partial charge in [-0.05, 0) is 48.6 Å². The molecule has 0 atom stereocenters. The second-order valence-electron chi connectivity index (χ2n) is 4.95. The maximum atomic E-state index is 10.8. The number of fused-ring (bicyclic) bond motifs is 1. The van der Waals surface area contributed by atoms with Crippen LogP contribution in [-0.4, -0.2) is 4.92 Å². The van der Waals surface area contributed by atoms with Crippen molar-refractivity contribution in [3.05, 3.63) is 56.6 Å². The molecule has 108 valence electrons. The van der Waals surface area contributed by atoms with Crippen molar-refractivity contribution in [1.82, 2.24) is 0 Å². The summed E-state index contributed by atoms with van der Waals surface area (Å²) in [6, 6.07) is 8.66. The molecule has 0 spiro atoms. The maximum absolute atomic E-state index is 10.8. The number of halogens is 1. The Labute approximate surface area is 126 Å². The summed E-state index contributed by atoms with van der Waals surface area (Å²) in [7, 11) is 0. The molecule has 0 radical (unpaired) electrons. The molecule has 0 saturated carbocycles. The van der Waals surface area contributed by atoms with Crippen molar-refractivity contribution in [1.29, 1.82) is 0 Å². The average Bonchev–Trinajstić information content (AvgIpc) is 2.91. The lowest BCUT2D eigenvalue weighted by molar-refractivity contribution is -0.383. The third-order valence-corrected chi connectivity index (χ3v) is 4.01. The fraction of sp³-hybridized carbons (Fsp3) is 0.200. The van der Waals surface area contributed by atoms with Crippen LogP contribution < -0.4 is 10.5 Å². The van der Waals surface area contributed by atoms with Gasteiger partial charge >= 0.3 is 0 Å². The molecule has 0 unspecified atom stereocenters. The van der Waals surface area contributed by atoms with Crippen LogP contribution in [0.15, 0.2) is 30.3 Å². The summed E-state index contributed by atoms with van der Waals surface area (Å²) >= 11 is 6.06. The first-order valence-corrected chi connectivity index (χ1v) is 6.96. The van der Waals surface area contributed by atoms with Crippen LogP contribution in [0, 0.1) is 10.1 Å². The molecule has 0 fully saturated rings. The van der Waals surface area contributed by atoms with E-state index in [0.717, 1.165) is 19.3 Å². The van der Waals surface area contributed by atoms with E-state index in [-0.39, 0.29) is 16.4 Å². The van der Waals surface area contributed by atoms with Crippen molar-refractivity contribution >= 4 is 23.0 Å². The SMILES string of the molecule is Nc1c([N+](=O)[O-])ccc(Oc2ccc3c(c2)CCC3)c1Cl. The van der Waals surface area contributed by atoms with Gasteiger partial charge in [-0.15, -0.1) is 0 Å². The number of nitrogens with zero attached hydrogens (tertiary/aromatic N) is 1. The Hall–Kier alpha value is -2.27. The zero-order valence-corrected chi connectivity index (χ0v) is 11.9. The molecule has 2 N–H and O–H groups in total. The fourth-order valence-electron chi connectivity index (χ4n) is 2.54. The van der Waals surface area contributed by atoms with Crippen LogP contribution in [-0.2, 0) is 12.8 Å². The van der Waals surface area contributed by atoms with Crippen molar-refractivity contribution in [2.24, 2.45) is 0 Å². The smallest absolute Gasteiger partial charge is 0.293 e. The number of nitrogen functional groups attached to an aromatic ring is 1. The number of aryl methyl sites for hydroxylation is 2. The highest BCUT2D eigenvalue weighted by molar-refractivity contribution is 6.35. The first-order chi connectivity index (χ1) is 10.1. The van der Waals surface area contributed by atoms with Gasteiger partial charge in [-0.25, -0.2) is 0 Å². The summed E-state index contributed by atoms with van der Waals surface area (Å²) in [5.41, 5.74) is 7.99. The van der Waals surface area contributed by atoms with Gasteiger partial charge in [0.15, 0.2) is 0 Å². The van der Waals surface area contributed by atoms with E-state index in [0.29, 0.717) is 11.5 Å². The number of hydrogen-bond donors (Lipinski definition) is 1. The number of hydrogen-bond acceptors (Lipinski definition) is 4. The fourth-order valence-corrected chi connectivity index (χ4v) is 2.74. The van der Waals surface area contributed by atoms with E-state index in [1.807, 2.05) is 18.2 Å². The van der Waals surface area contributed by atoms with Crippen LogP contribution in [0.4, 0.5) is 11.4 Å². The van der Waals surface area contributed by atoms with Crippen LogP contribution in [0.1, 0.15) is 17.5 Å². The van der Waals surface area contributed by atoms with Crippen LogP contribution >= 0.6 is 11.6 Å². The number of nitrogens with two attached hydrogens (primary N) is 1. The Morgan fingerprint density at radius 2 is 1.95 bits per heavy atom. The summed E-state index contributed by atoms with van der Waals surface area (Å²) in [5.74, 6) is 0.975. The molecule has 0 saturated heterocycles. The Morgan fingerprint density at radius 1 is 1.19 bits per heavy atom. The highest BCUT2D eigenvalue weighted by Gasteiger charge is 2.19. The molecule has 1 aliphatic carbocycles. The minimum atomic E-state index is -0.569. The van der Waals surface area contributed by atoms with Crippen molar-refractivity contribution in [2.45, 2.75) is 19.3 Å². The van der Waals surface area contributed by atoms with E-state index in [1.165, 1.54) is 23.3 Å². The molecule has 2 aromatic rings. The highest BCUT2D eigenvalue weighted by Crippen LogP contribution is 2.39. The number of benzene rings is 2. The Morgan fingerprint density at radius 3 is 2.71 bits per heavy atom. The van der Waals surface area contributed by atoms with Gasteiger partial charge in [-0.1, -0.05) is 17.7 Å². The monoisotopic (exact) mass is 304 g/mol. The van der Waals surface area contributed by atoms with Crippen LogP contribution in [0.25, 0.3) is 0 Å². The highest BCUT2D eigenvalue weighted by atomic mass is 35.5. The van der Waals surface area contributed by atoms with Crippen molar-refractivity contribution in [3.8, 4) is 11.5 Å². The molecular formula is C15H13ClN2O3. The normalized spacial score (nSPS) is 13.0. The standard InChI is InChI=1S/C15H13ClN2O3/c16-14-13(7-6-12(15(14)17)18(19)20)21-11-5-4-9-2-1-3-10(9)8-11/h4-8H,1-3,17H2. The van der Waals surface area contributed by atoms with Gasteiger partial charge in [0.2, 0.25) is 0 Å². The van der Waals surface area contributed by atoms with Crippen molar-refractivity contribution in [2.75, 3.05) is 5.73 Å². The average molecular weight is 305 g/mol. The molecule has 21 heavy (non-hydrogen) atoms. The molecular weight excluding hydrogens is 292 g/mol. The van der Waals surface area contributed by atoms with E-state index in [2.05, 4.69) is 0 Å². The van der Waals surface area contributed by atoms with Gasteiger partial charge in [0, 0.05) is 6.07 Å². The topological polar surface area (TPSA) is 78.4 Å². The van der Waals surface area contributed by atoms with Crippen molar-refractivity contribution < 1.29 is 9.66 Å².